The highest BCUT2D eigenvalue weighted by Gasteiger charge is 2.30. The molecule has 0 aliphatic carbocycles. The van der Waals surface area contributed by atoms with Gasteiger partial charge in [-0.05, 0) is 36.6 Å². The monoisotopic (exact) mass is 452 g/mol. The lowest BCUT2D eigenvalue weighted by atomic mass is 9.99. The molecule has 2 aromatic rings. The molecule has 1 aliphatic heterocycles. The number of benzene rings is 2. The third-order valence-electron chi connectivity index (χ3n) is 5.01. The second-order valence-electron chi connectivity index (χ2n) is 7.13. The largest absolute Gasteiger partial charge is 0.465 e. The van der Waals surface area contributed by atoms with Crippen LogP contribution in [0.3, 0.4) is 0 Å². The molecule has 30 heavy (non-hydrogen) atoms. The van der Waals surface area contributed by atoms with Crippen molar-refractivity contribution in [3.63, 3.8) is 0 Å². The lowest BCUT2D eigenvalue weighted by Gasteiger charge is -2.29. The minimum Gasteiger partial charge on any atom is -0.465 e. The van der Waals surface area contributed by atoms with Gasteiger partial charge in [-0.15, -0.1) is 16.4 Å². The minimum absolute atomic E-state index is 0.159. The normalized spacial score (nSPS) is 20.0. The third kappa shape index (κ3) is 5.50. The Bertz CT molecular complexity index is 985. The molecule has 0 bridgehead atoms. The predicted molar refractivity (Wildman–Crippen MR) is 115 cm³/mol. The Morgan fingerprint density at radius 1 is 1.23 bits per heavy atom. The number of hydrogen-bond acceptors (Lipinski definition) is 5. The van der Waals surface area contributed by atoms with Crippen LogP contribution in [-0.4, -0.2) is 43.1 Å². The molecule has 0 saturated carbocycles. The topological polar surface area (TPSA) is 111 Å². The average molecular weight is 453 g/mol. The zero-order valence-corrected chi connectivity index (χ0v) is 18.1. The summed E-state index contributed by atoms with van der Waals surface area (Å²) in [4.78, 5) is 15.7. The molecule has 1 amide bonds. The number of alkyl halides is 1. The first-order valence-electron chi connectivity index (χ1n) is 9.54. The van der Waals surface area contributed by atoms with Gasteiger partial charge in [0.15, 0.2) is 0 Å². The van der Waals surface area contributed by atoms with E-state index in [1.165, 1.54) is 17.0 Å². The fraction of sp³-hybridized carbons (Fsp3) is 0.350. The minimum atomic E-state index is -3.72. The van der Waals surface area contributed by atoms with E-state index in [0.717, 1.165) is 16.7 Å². The maximum Gasteiger partial charge on any atom is 0.407 e. The quantitative estimate of drug-likeness (QED) is 0.304. The van der Waals surface area contributed by atoms with Crippen LogP contribution >= 0.6 is 11.6 Å². The fourth-order valence-electron chi connectivity index (χ4n) is 3.39. The first-order valence-corrected chi connectivity index (χ1v) is 11.5. The fourth-order valence-corrected chi connectivity index (χ4v) is 4.45. The number of nitrogens with one attached hydrogen (secondary N) is 3. The van der Waals surface area contributed by atoms with Crippen molar-refractivity contribution in [2.24, 2.45) is 0 Å². The Morgan fingerprint density at radius 3 is 2.63 bits per heavy atom. The first kappa shape index (κ1) is 22.5. The molecule has 162 valence electrons. The van der Waals surface area contributed by atoms with Crippen LogP contribution in [0, 0.1) is 6.92 Å². The number of hydrogen-bond donors (Lipinski definition) is 4. The molecule has 2 atom stereocenters. The Hall–Kier alpha value is -2.17. The number of hydrazine groups is 1. The highest BCUT2D eigenvalue weighted by Crippen LogP contribution is 2.27. The van der Waals surface area contributed by atoms with Crippen molar-refractivity contribution in [1.82, 2.24) is 20.5 Å². The number of nitrogens with zero attached hydrogens (tertiary/aromatic N) is 1. The molecular formula is C20H25ClN4O4S. The summed E-state index contributed by atoms with van der Waals surface area (Å²) in [5.74, 6) is 0. The van der Waals surface area contributed by atoms with Crippen LogP contribution < -0.4 is 15.6 Å². The van der Waals surface area contributed by atoms with Crippen molar-refractivity contribution < 1.29 is 18.3 Å². The summed E-state index contributed by atoms with van der Waals surface area (Å²) in [6.45, 7) is 2.75. The molecule has 4 N–H and O–H groups in total. The number of aryl methyl sites for hydroxylation is 1. The molecule has 0 spiro atoms. The van der Waals surface area contributed by atoms with Gasteiger partial charge in [0.2, 0.25) is 0 Å². The second-order valence-corrected chi connectivity index (χ2v) is 9.34. The summed E-state index contributed by atoms with van der Waals surface area (Å²) < 4.78 is 24.9. The van der Waals surface area contributed by atoms with Crippen molar-refractivity contribution in [2.45, 2.75) is 36.3 Å². The lowest BCUT2D eigenvalue weighted by molar-refractivity contribution is 0.128. The molecular weight excluding hydrogens is 428 g/mol. The molecule has 0 radical (unpaired) electrons. The lowest BCUT2D eigenvalue weighted by Crippen LogP contribution is -2.39. The van der Waals surface area contributed by atoms with E-state index in [0.29, 0.717) is 19.5 Å². The van der Waals surface area contributed by atoms with Gasteiger partial charge in [0.25, 0.3) is 10.0 Å². The van der Waals surface area contributed by atoms with Gasteiger partial charge in [-0.2, -0.15) is 0 Å². The van der Waals surface area contributed by atoms with Gasteiger partial charge in [-0.25, -0.2) is 18.6 Å². The Balaban J connectivity index is 1.75. The van der Waals surface area contributed by atoms with Gasteiger partial charge in [-0.3, -0.25) is 10.2 Å². The molecule has 1 fully saturated rings. The molecule has 2 aromatic carbocycles. The first-order chi connectivity index (χ1) is 14.3. The van der Waals surface area contributed by atoms with Gasteiger partial charge in [0, 0.05) is 19.6 Å². The van der Waals surface area contributed by atoms with Gasteiger partial charge < -0.3 is 5.11 Å². The zero-order chi connectivity index (χ0) is 21.7. The predicted octanol–water partition coefficient (Wildman–Crippen LogP) is 2.56. The third-order valence-corrected chi connectivity index (χ3v) is 6.69. The van der Waals surface area contributed by atoms with Crippen molar-refractivity contribution in [2.75, 3.05) is 13.1 Å². The van der Waals surface area contributed by atoms with E-state index in [4.69, 9.17) is 11.6 Å². The van der Waals surface area contributed by atoms with E-state index in [2.05, 4.69) is 15.6 Å². The van der Waals surface area contributed by atoms with Crippen LogP contribution in [0.25, 0.3) is 0 Å². The van der Waals surface area contributed by atoms with Crippen LogP contribution in [0.2, 0.25) is 0 Å². The Morgan fingerprint density at radius 2 is 1.93 bits per heavy atom. The standard InChI is InChI=1S/C20H25ClN4O4S/c1-14-6-8-16(9-7-14)30(28,29)24-23-12-15-4-2-3-5-17(15)18-13-22-19(21)10-11-25(18)20(26)27/h2-9,18-19,22-24H,10-13H2,1H3,(H,26,27). The summed E-state index contributed by atoms with van der Waals surface area (Å²) in [6, 6.07) is 13.5. The van der Waals surface area contributed by atoms with E-state index in [1.807, 2.05) is 31.2 Å². The van der Waals surface area contributed by atoms with Crippen molar-refractivity contribution in [1.29, 1.82) is 0 Å². The van der Waals surface area contributed by atoms with E-state index < -0.39 is 22.2 Å². The zero-order valence-electron chi connectivity index (χ0n) is 16.5. The second kappa shape index (κ2) is 9.76. The van der Waals surface area contributed by atoms with Crippen molar-refractivity contribution >= 4 is 27.7 Å². The van der Waals surface area contributed by atoms with Crippen molar-refractivity contribution in [3.05, 3.63) is 65.2 Å². The molecule has 1 heterocycles. The van der Waals surface area contributed by atoms with Crippen molar-refractivity contribution in [3.8, 4) is 0 Å². The number of amides is 1. The van der Waals surface area contributed by atoms with Crippen LogP contribution in [0.15, 0.2) is 53.4 Å². The number of halogens is 1. The van der Waals surface area contributed by atoms with Gasteiger partial charge in [0.05, 0.1) is 16.4 Å². The van der Waals surface area contributed by atoms with Crippen LogP contribution in [0.1, 0.15) is 29.2 Å². The number of carboxylic acid groups (broad SMARTS) is 1. The van der Waals surface area contributed by atoms with Gasteiger partial charge >= 0.3 is 6.09 Å². The highest BCUT2D eigenvalue weighted by molar-refractivity contribution is 7.89. The molecule has 1 aliphatic rings. The smallest absolute Gasteiger partial charge is 0.407 e. The number of rotatable bonds is 6. The molecule has 2 unspecified atom stereocenters. The van der Waals surface area contributed by atoms with Gasteiger partial charge in [0.1, 0.15) is 0 Å². The van der Waals surface area contributed by atoms with E-state index in [9.17, 15) is 18.3 Å². The molecule has 3 rings (SSSR count). The van der Waals surface area contributed by atoms with E-state index >= 15 is 0 Å². The molecule has 1 saturated heterocycles. The SMILES string of the molecule is Cc1ccc(S(=O)(=O)NNCc2ccccc2C2CNC(Cl)CCN2C(=O)O)cc1. The summed E-state index contributed by atoms with van der Waals surface area (Å²) in [7, 11) is -3.72. The summed E-state index contributed by atoms with van der Waals surface area (Å²) in [5.41, 5.74) is 5.00. The number of carbonyl (C=O) groups is 1. The maximum absolute atomic E-state index is 12.5. The van der Waals surface area contributed by atoms with Crippen LogP contribution in [-0.2, 0) is 16.6 Å². The van der Waals surface area contributed by atoms with E-state index in [1.54, 1.807) is 12.1 Å². The van der Waals surface area contributed by atoms with Crippen LogP contribution in [0.4, 0.5) is 4.79 Å². The van der Waals surface area contributed by atoms with Gasteiger partial charge in [-0.1, -0.05) is 42.0 Å². The highest BCUT2D eigenvalue weighted by atomic mass is 35.5. The van der Waals surface area contributed by atoms with Crippen LogP contribution in [0.5, 0.6) is 0 Å². The summed E-state index contributed by atoms with van der Waals surface area (Å²) in [5, 5.41) is 12.8. The molecule has 8 nitrogen and oxygen atoms in total. The number of sulfonamides is 1. The summed E-state index contributed by atoms with van der Waals surface area (Å²) in [6.07, 6.45) is -0.517. The van der Waals surface area contributed by atoms with E-state index in [-0.39, 0.29) is 16.9 Å². The maximum atomic E-state index is 12.5. The summed E-state index contributed by atoms with van der Waals surface area (Å²) >= 11 is 6.17. The average Bonchev–Trinajstić information content (AvgIpc) is 2.90. The Kier molecular flexibility index (Phi) is 7.32. The molecule has 0 aromatic heterocycles. The Labute approximate surface area is 181 Å². The molecule has 10 heteroatoms.